The number of aryl methyl sites for hydroxylation is 1. The first-order valence-electron chi connectivity index (χ1n) is 11.0. The van der Waals surface area contributed by atoms with Crippen LogP contribution in [-0.2, 0) is 4.79 Å². The van der Waals surface area contributed by atoms with E-state index in [1.807, 2.05) is 0 Å². The Morgan fingerprint density at radius 3 is 2.71 bits per heavy atom. The van der Waals surface area contributed by atoms with Gasteiger partial charge in [0.1, 0.15) is 11.6 Å². The van der Waals surface area contributed by atoms with Crippen molar-refractivity contribution in [3.05, 3.63) is 59.1 Å². The number of hydrogen-bond acceptors (Lipinski definition) is 7. The highest BCUT2D eigenvalue weighted by Crippen LogP contribution is 2.38. The Morgan fingerprint density at radius 1 is 1.15 bits per heavy atom. The monoisotopic (exact) mass is 481 g/mol. The van der Waals surface area contributed by atoms with Gasteiger partial charge in [0, 0.05) is 60.1 Å². The maximum atomic E-state index is 14.3. The van der Waals surface area contributed by atoms with Crippen molar-refractivity contribution in [1.82, 2.24) is 25.0 Å². The van der Waals surface area contributed by atoms with Crippen LogP contribution in [0.1, 0.15) is 5.69 Å². The quantitative estimate of drug-likeness (QED) is 0.556. The molecule has 2 saturated heterocycles. The molecule has 2 aliphatic rings. The summed E-state index contributed by atoms with van der Waals surface area (Å²) in [6.07, 6.45) is 1.61. The number of rotatable bonds is 6. The van der Waals surface area contributed by atoms with Gasteiger partial charge in [0.15, 0.2) is 0 Å². The minimum atomic E-state index is -0.431. The van der Waals surface area contributed by atoms with Crippen LogP contribution in [0.3, 0.4) is 0 Å². The van der Waals surface area contributed by atoms with Gasteiger partial charge in [-0.3, -0.25) is 9.69 Å². The van der Waals surface area contributed by atoms with Gasteiger partial charge < -0.3 is 15.5 Å². The highest BCUT2D eigenvalue weighted by atomic mass is 35.5. The summed E-state index contributed by atoms with van der Waals surface area (Å²) in [5.41, 5.74) is 3.03. The van der Waals surface area contributed by atoms with Crippen molar-refractivity contribution >= 4 is 34.7 Å². The summed E-state index contributed by atoms with van der Waals surface area (Å²) in [5.74, 6) is -0.0677. The molecule has 2 N–H and O–H groups in total. The highest BCUT2D eigenvalue weighted by Gasteiger charge is 2.50. The Bertz CT molecular complexity index is 1240. The topological polar surface area (TPSA) is 86.3 Å². The fourth-order valence-electron chi connectivity index (χ4n) is 4.84. The first-order valence-corrected chi connectivity index (χ1v) is 11.4. The van der Waals surface area contributed by atoms with Crippen LogP contribution in [0.15, 0.2) is 42.6 Å². The van der Waals surface area contributed by atoms with Gasteiger partial charge in [-0.05, 0) is 44.3 Å². The Kier molecular flexibility index (Phi) is 5.93. The third-order valence-corrected chi connectivity index (χ3v) is 6.42. The average molecular weight is 482 g/mol. The summed E-state index contributed by atoms with van der Waals surface area (Å²) in [4.78, 5) is 21.2. The van der Waals surface area contributed by atoms with E-state index >= 15 is 0 Å². The van der Waals surface area contributed by atoms with Gasteiger partial charge in [0.05, 0.1) is 23.6 Å². The van der Waals surface area contributed by atoms with Gasteiger partial charge in [-0.15, -0.1) is 0 Å². The highest BCUT2D eigenvalue weighted by molar-refractivity contribution is 6.30. The number of benzene rings is 1. The molecule has 10 heteroatoms. The van der Waals surface area contributed by atoms with Crippen LogP contribution in [0.25, 0.3) is 11.3 Å². The van der Waals surface area contributed by atoms with Crippen molar-refractivity contribution in [1.29, 1.82) is 0 Å². The molecule has 0 aliphatic carbocycles. The van der Waals surface area contributed by atoms with Gasteiger partial charge in [-0.25, -0.2) is 9.37 Å². The number of halogens is 2. The number of carbonyl (C=O) groups excluding carboxylic acids is 1. The molecular formula is C24H25ClFN7O. The van der Waals surface area contributed by atoms with Crippen molar-refractivity contribution in [2.24, 2.45) is 5.41 Å². The van der Waals surface area contributed by atoms with E-state index in [1.165, 1.54) is 18.2 Å². The Labute approximate surface area is 202 Å². The third kappa shape index (κ3) is 4.72. The van der Waals surface area contributed by atoms with Crippen LogP contribution >= 0.6 is 11.6 Å². The number of anilines is 3. The number of likely N-dealkylation sites (tertiary alicyclic amines) is 2. The van der Waals surface area contributed by atoms with E-state index < -0.39 is 5.82 Å². The van der Waals surface area contributed by atoms with Crippen LogP contribution in [0, 0.1) is 18.2 Å². The van der Waals surface area contributed by atoms with Gasteiger partial charge in [0.2, 0.25) is 5.91 Å². The normalized spacial score (nSPS) is 17.2. The number of nitrogens with zero attached hydrogens (tertiary/aromatic N) is 5. The number of pyridine rings is 1. The molecule has 176 valence electrons. The molecule has 5 rings (SSSR count). The van der Waals surface area contributed by atoms with E-state index in [9.17, 15) is 9.18 Å². The summed E-state index contributed by atoms with van der Waals surface area (Å²) in [7, 11) is 2.12. The molecule has 4 heterocycles. The zero-order valence-electron chi connectivity index (χ0n) is 19.0. The third-order valence-electron chi connectivity index (χ3n) is 6.19. The first-order chi connectivity index (χ1) is 16.3. The summed E-state index contributed by atoms with van der Waals surface area (Å²) in [6, 6.07) is 9.54. The summed E-state index contributed by atoms with van der Waals surface area (Å²) in [5, 5.41) is 14.8. The molecule has 2 aromatic heterocycles. The molecule has 0 unspecified atom stereocenters. The zero-order chi connectivity index (χ0) is 23.9. The summed E-state index contributed by atoms with van der Waals surface area (Å²) >= 11 is 6.02. The lowest BCUT2D eigenvalue weighted by atomic mass is 9.73. The number of carbonyl (C=O) groups is 1. The van der Waals surface area contributed by atoms with E-state index in [0.717, 1.165) is 26.2 Å². The minimum Gasteiger partial charge on any atom is -0.354 e. The number of hydrogen-bond donors (Lipinski definition) is 2. The zero-order valence-corrected chi connectivity index (χ0v) is 19.7. The van der Waals surface area contributed by atoms with Crippen LogP contribution in [-0.4, -0.2) is 70.7 Å². The molecule has 1 aromatic carbocycles. The number of amides is 1. The molecule has 1 amide bonds. The Balaban J connectivity index is 1.24. The molecule has 1 spiro atoms. The van der Waals surface area contributed by atoms with Gasteiger partial charge in [-0.1, -0.05) is 11.6 Å². The second-order valence-electron chi connectivity index (χ2n) is 9.27. The van der Waals surface area contributed by atoms with E-state index in [2.05, 4.69) is 42.7 Å². The van der Waals surface area contributed by atoms with Crippen LogP contribution in [0.4, 0.5) is 21.6 Å². The SMILES string of the molecule is Cc1nnc(-c2cc(Cl)ccc2F)cc1Nc1ccnc(NC(=O)CN2CC3(CN(C)C3)C2)c1. The van der Waals surface area contributed by atoms with Crippen LogP contribution < -0.4 is 10.6 Å². The second-order valence-corrected chi connectivity index (χ2v) is 9.71. The molecule has 0 saturated carbocycles. The predicted molar refractivity (Wildman–Crippen MR) is 130 cm³/mol. The summed E-state index contributed by atoms with van der Waals surface area (Å²) < 4.78 is 14.3. The molecule has 2 fully saturated rings. The van der Waals surface area contributed by atoms with E-state index in [-0.39, 0.29) is 11.5 Å². The number of nitrogens with one attached hydrogen (secondary N) is 2. The lowest BCUT2D eigenvalue weighted by Crippen LogP contribution is -2.71. The van der Waals surface area contributed by atoms with Crippen molar-refractivity contribution in [3.63, 3.8) is 0 Å². The maximum Gasteiger partial charge on any atom is 0.239 e. The molecule has 2 aliphatic heterocycles. The van der Waals surface area contributed by atoms with Crippen molar-refractivity contribution < 1.29 is 9.18 Å². The average Bonchev–Trinajstić information content (AvgIpc) is 2.75. The molecule has 0 radical (unpaired) electrons. The van der Waals surface area contributed by atoms with Crippen LogP contribution in [0.2, 0.25) is 5.02 Å². The molecule has 34 heavy (non-hydrogen) atoms. The van der Waals surface area contributed by atoms with Crippen molar-refractivity contribution in [2.75, 3.05) is 50.4 Å². The fourth-order valence-corrected chi connectivity index (χ4v) is 5.01. The molecule has 0 atom stereocenters. The van der Waals surface area contributed by atoms with Crippen molar-refractivity contribution in [3.8, 4) is 11.3 Å². The second kappa shape index (κ2) is 8.90. The standard InChI is InChI=1S/C24H25ClFN7O/c1-15-20(9-21(31-30-15)18-7-16(25)3-4-19(18)26)28-17-5-6-27-22(8-17)29-23(34)10-33-13-24(14-33)11-32(2)12-24/h3-9H,10-14H2,1-2H3,(H2,27,28,29,31,34). The largest absolute Gasteiger partial charge is 0.354 e. The van der Waals surface area contributed by atoms with E-state index in [1.54, 1.807) is 31.3 Å². The minimum absolute atomic E-state index is 0.0901. The summed E-state index contributed by atoms with van der Waals surface area (Å²) in [6.45, 7) is 6.29. The number of aromatic nitrogens is 3. The molecule has 0 bridgehead atoms. The lowest BCUT2D eigenvalue weighted by Gasteiger charge is -2.59. The first kappa shape index (κ1) is 22.6. The van der Waals surface area contributed by atoms with Gasteiger partial charge in [-0.2, -0.15) is 10.2 Å². The Morgan fingerprint density at radius 2 is 1.94 bits per heavy atom. The molecule has 8 nitrogen and oxygen atoms in total. The predicted octanol–water partition coefficient (Wildman–Crippen LogP) is 3.57. The van der Waals surface area contributed by atoms with Crippen molar-refractivity contribution in [2.45, 2.75) is 6.92 Å². The van der Waals surface area contributed by atoms with Gasteiger partial charge in [0.25, 0.3) is 0 Å². The molecule has 3 aromatic rings. The Hall–Kier alpha value is -3.14. The van der Waals surface area contributed by atoms with Crippen LogP contribution in [0.5, 0.6) is 0 Å². The van der Waals surface area contributed by atoms with E-state index in [0.29, 0.717) is 45.6 Å². The smallest absolute Gasteiger partial charge is 0.239 e. The maximum absolute atomic E-state index is 14.3. The van der Waals surface area contributed by atoms with E-state index in [4.69, 9.17) is 11.6 Å². The lowest BCUT2D eigenvalue weighted by molar-refractivity contribution is -0.130. The fraction of sp³-hybridized carbons (Fsp3) is 0.333. The molecular weight excluding hydrogens is 457 g/mol. The van der Waals surface area contributed by atoms with Gasteiger partial charge >= 0.3 is 0 Å².